The van der Waals surface area contributed by atoms with E-state index in [0.717, 1.165) is 0 Å². The number of hydrogen-bond donors (Lipinski definition) is 2. The number of ether oxygens (including phenoxy) is 2. The summed E-state index contributed by atoms with van der Waals surface area (Å²) in [4.78, 5) is 23.4. The fourth-order valence-corrected chi connectivity index (χ4v) is 3.08. The summed E-state index contributed by atoms with van der Waals surface area (Å²) in [6.45, 7) is 3.37. The van der Waals surface area contributed by atoms with Crippen LogP contribution < -0.4 is 9.47 Å². The van der Waals surface area contributed by atoms with Gasteiger partial charge in [-0.1, -0.05) is 50.0 Å². The molecule has 0 aliphatic rings. The van der Waals surface area contributed by atoms with Crippen molar-refractivity contribution >= 4 is 11.9 Å². The maximum Gasteiger partial charge on any atom is 0.339 e. The first-order valence-corrected chi connectivity index (χ1v) is 8.61. The molecule has 0 aliphatic carbocycles. The Labute approximate surface area is 169 Å². The lowest BCUT2D eigenvalue weighted by molar-refractivity contribution is 0.0681. The molecule has 0 saturated carbocycles. The van der Waals surface area contributed by atoms with Crippen LogP contribution in [0.4, 0.5) is 0 Å². The van der Waals surface area contributed by atoms with Crippen LogP contribution in [0.1, 0.15) is 45.7 Å². The molecule has 0 heterocycles. The van der Waals surface area contributed by atoms with Crippen LogP contribution in [0.5, 0.6) is 11.5 Å². The topological polar surface area (TPSA) is 93.1 Å². The van der Waals surface area contributed by atoms with E-state index < -0.39 is 17.4 Å². The Hall–Kier alpha value is -3.90. The van der Waals surface area contributed by atoms with Gasteiger partial charge in [-0.3, -0.25) is 0 Å². The van der Waals surface area contributed by atoms with Crippen LogP contribution in [0.2, 0.25) is 0 Å². The van der Waals surface area contributed by atoms with Gasteiger partial charge in [0, 0.05) is 16.5 Å². The van der Waals surface area contributed by atoms with Crippen molar-refractivity contribution in [3.05, 3.63) is 58.7 Å². The molecule has 0 aromatic heterocycles. The Kier molecular flexibility index (Phi) is 6.54. The first-order valence-electron chi connectivity index (χ1n) is 8.61. The molecule has 148 valence electrons. The van der Waals surface area contributed by atoms with Gasteiger partial charge in [-0.25, -0.2) is 9.59 Å². The minimum absolute atomic E-state index is 0.0497. The van der Waals surface area contributed by atoms with Gasteiger partial charge in [0.1, 0.15) is 35.8 Å². The molecular formula is C23H20O6. The van der Waals surface area contributed by atoms with Crippen LogP contribution >= 0.6 is 0 Å². The molecule has 0 fully saturated rings. The highest BCUT2D eigenvalue weighted by atomic mass is 16.5. The van der Waals surface area contributed by atoms with Crippen LogP contribution in [0.25, 0.3) is 0 Å². The average molecular weight is 392 g/mol. The third-order valence-electron chi connectivity index (χ3n) is 4.44. The van der Waals surface area contributed by atoms with E-state index in [1.165, 1.54) is 12.1 Å². The molecule has 2 aromatic carbocycles. The summed E-state index contributed by atoms with van der Waals surface area (Å²) in [6.07, 6.45) is 10.6. The first kappa shape index (κ1) is 21.4. The molecule has 0 spiro atoms. The van der Waals surface area contributed by atoms with Gasteiger partial charge in [-0.2, -0.15) is 0 Å². The van der Waals surface area contributed by atoms with E-state index in [9.17, 15) is 19.8 Å². The summed E-state index contributed by atoms with van der Waals surface area (Å²) in [5.41, 5.74) is 0.0317. The molecule has 2 rings (SSSR count). The minimum Gasteiger partial charge on any atom is -0.480 e. The van der Waals surface area contributed by atoms with Crippen LogP contribution in [0.15, 0.2) is 36.4 Å². The molecule has 0 unspecified atom stereocenters. The van der Waals surface area contributed by atoms with E-state index in [1.807, 2.05) is 0 Å². The Morgan fingerprint density at radius 2 is 1.24 bits per heavy atom. The van der Waals surface area contributed by atoms with Gasteiger partial charge in [0.25, 0.3) is 0 Å². The Balaban J connectivity index is 2.77. The molecule has 0 radical (unpaired) electrons. The predicted molar refractivity (Wildman–Crippen MR) is 108 cm³/mol. The number of benzene rings is 2. The Morgan fingerprint density at radius 1 is 0.862 bits per heavy atom. The van der Waals surface area contributed by atoms with Crippen molar-refractivity contribution in [2.75, 3.05) is 13.2 Å². The highest BCUT2D eigenvalue weighted by molar-refractivity contribution is 5.93. The van der Waals surface area contributed by atoms with E-state index in [-0.39, 0.29) is 35.8 Å². The van der Waals surface area contributed by atoms with E-state index in [1.54, 1.807) is 38.1 Å². The lowest BCUT2D eigenvalue weighted by atomic mass is 9.76. The van der Waals surface area contributed by atoms with Gasteiger partial charge in [0.15, 0.2) is 0 Å². The second kappa shape index (κ2) is 8.86. The number of rotatable bonds is 8. The maximum absolute atomic E-state index is 11.7. The third kappa shape index (κ3) is 4.34. The van der Waals surface area contributed by atoms with Gasteiger partial charge in [-0.15, -0.1) is 12.8 Å². The molecular weight excluding hydrogens is 372 g/mol. The fraction of sp³-hybridized carbons (Fsp3) is 0.217. The van der Waals surface area contributed by atoms with Crippen LogP contribution in [0.3, 0.4) is 0 Å². The summed E-state index contributed by atoms with van der Waals surface area (Å²) < 4.78 is 11.2. The smallest absolute Gasteiger partial charge is 0.339 e. The Bertz CT molecular complexity index is 939. The fourth-order valence-electron chi connectivity index (χ4n) is 3.08. The number of para-hydroxylation sites is 2. The van der Waals surface area contributed by atoms with E-state index in [4.69, 9.17) is 22.3 Å². The number of terminal acetylenes is 2. The summed E-state index contributed by atoms with van der Waals surface area (Å²) in [5, 5.41) is 19.1. The van der Waals surface area contributed by atoms with Crippen molar-refractivity contribution in [1.29, 1.82) is 0 Å². The number of carbonyl (C=O) groups is 2. The van der Waals surface area contributed by atoms with Crippen LogP contribution in [-0.2, 0) is 5.41 Å². The van der Waals surface area contributed by atoms with E-state index in [0.29, 0.717) is 11.1 Å². The van der Waals surface area contributed by atoms with Crippen molar-refractivity contribution in [3.63, 3.8) is 0 Å². The molecule has 2 N–H and O–H groups in total. The average Bonchev–Trinajstić information content (AvgIpc) is 2.69. The minimum atomic E-state index is -1.17. The number of aromatic carboxylic acids is 2. The number of hydrogen-bond acceptors (Lipinski definition) is 4. The second-order valence-electron chi connectivity index (χ2n) is 6.59. The zero-order chi connectivity index (χ0) is 21.6. The number of carboxylic acid groups (broad SMARTS) is 2. The molecule has 29 heavy (non-hydrogen) atoms. The quantitative estimate of drug-likeness (QED) is 0.669. The van der Waals surface area contributed by atoms with Gasteiger partial charge in [0.2, 0.25) is 0 Å². The van der Waals surface area contributed by atoms with Crippen molar-refractivity contribution in [2.45, 2.75) is 19.3 Å². The highest BCUT2D eigenvalue weighted by Gasteiger charge is 2.33. The van der Waals surface area contributed by atoms with Crippen molar-refractivity contribution in [3.8, 4) is 36.2 Å². The Morgan fingerprint density at radius 3 is 1.55 bits per heavy atom. The van der Waals surface area contributed by atoms with E-state index in [2.05, 4.69) is 11.8 Å². The van der Waals surface area contributed by atoms with Crippen LogP contribution in [-0.4, -0.2) is 35.4 Å². The zero-order valence-corrected chi connectivity index (χ0v) is 16.1. The monoisotopic (exact) mass is 392 g/mol. The van der Waals surface area contributed by atoms with Gasteiger partial charge < -0.3 is 19.7 Å². The van der Waals surface area contributed by atoms with Crippen LogP contribution in [0, 0.1) is 24.7 Å². The zero-order valence-electron chi connectivity index (χ0n) is 16.1. The summed E-state index contributed by atoms with van der Waals surface area (Å²) in [7, 11) is 0. The van der Waals surface area contributed by atoms with E-state index >= 15 is 0 Å². The third-order valence-corrected chi connectivity index (χ3v) is 4.44. The molecule has 0 bridgehead atoms. The van der Waals surface area contributed by atoms with Gasteiger partial charge in [0.05, 0.1) is 0 Å². The van der Waals surface area contributed by atoms with Crippen molar-refractivity contribution in [1.82, 2.24) is 0 Å². The number of carboxylic acids is 2. The molecule has 2 aromatic rings. The molecule has 6 nitrogen and oxygen atoms in total. The summed E-state index contributed by atoms with van der Waals surface area (Å²) >= 11 is 0. The summed E-state index contributed by atoms with van der Waals surface area (Å²) in [5.74, 6) is 2.55. The van der Waals surface area contributed by atoms with Gasteiger partial charge >= 0.3 is 11.9 Å². The molecule has 0 saturated heterocycles. The molecule has 0 amide bonds. The lowest BCUT2D eigenvalue weighted by Crippen LogP contribution is -2.24. The molecule has 0 atom stereocenters. The van der Waals surface area contributed by atoms with Crippen molar-refractivity contribution < 1.29 is 29.3 Å². The SMILES string of the molecule is C#CCOc1c(C(=O)O)cccc1C(C)(C)c1cccc(C(=O)O)c1OCC#C. The molecule has 0 aliphatic heterocycles. The lowest BCUT2D eigenvalue weighted by Gasteiger charge is -2.30. The highest BCUT2D eigenvalue weighted by Crippen LogP contribution is 2.43. The van der Waals surface area contributed by atoms with Crippen molar-refractivity contribution in [2.24, 2.45) is 0 Å². The predicted octanol–water partition coefficient (Wildman–Crippen LogP) is 3.43. The summed E-state index contributed by atoms with van der Waals surface area (Å²) in [6, 6.07) is 9.42. The van der Waals surface area contributed by atoms with Gasteiger partial charge in [-0.05, 0) is 12.1 Å². The normalized spacial score (nSPS) is 10.5. The first-order chi connectivity index (χ1) is 13.8. The maximum atomic E-state index is 11.7. The molecule has 6 heteroatoms. The largest absolute Gasteiger partial charge is 0.480 e. The second-order valence-corrected chi connectivity index (χ2v) is 6.59. The standard InChI is InChI=1S/C23H20O6/c1-5-13-28-19-15(21(24)25)9-7-11-17(19)23(3,4)18-12-8-10-16(22(26)27)20(18)29-14-6-2/h1-2,7-12H,13-14H2,3-4H3,(H,24,25)(H,26,27).